The van der Waals surface area contributed by atoms with Crippen LogP contribution in [0.25, 0.3) is 10.6 Å². The molecule has 0 saturated heterocycles. The van der Waals surface area contributed by atoms with E-state index in [0.717, 1.165) is 10.6 Å². The third-order valence-electron chi connectivity index (χ3n) is 1.78. The second-order valence-corrected chi connectivity index (χ2v) is 3.80. The van der Waals surface area contributed by atoms with E-state index in [-0.39, 0.29) is 0 Å². The summed E-state index contributed by atoms with van der Waals surface area (Å²) >= 11 is 1.21. The van der Waals surface area contributed by atoms with Gasteiger partial charge in [-0.25, -0.2) is 9.48 Å². The van der Waals surface area contributed by atoms with Gasteiger partial charge in [0.2, 0.25) is 0 Å². The summed E-state index contributed by atoms with van der Waals surface area (Å²) in [7, 11) is 1.77. The maximum absolute atomic E-state index is 10.6. The molecule has 0 aliphatic rings. The van der Waals surface area contributed by atoms with Gasteiger partial charge in [-0.05, 0) is 12.1 Å². The quantitative estimate of drug-likeness (QED) is 0.808. The largest absolute Gasteiger partial charge is 0.477 e. The standard InChI is InChI=1S/C8H7N3O2S/c1-11-5(4-9-10-11)6-2-3-7(14-6)8(12)13/h2-4H,1H3,(H,12,13). The van der Waals surface area contributed by atoms with Crippen molar-refractivity contribution >= 4 is 17.3 Å². The Balaban J connectivity index is 2.43. The molecule has 1 N–H and O–H groups in total. The molecule has 2 rings (SSSR count). The van der Waals surface area contributed by atoms with Crippen molar-refractivity contribution in [3.05, 3.63) is 23.2 Å². The number of carbonyl (C=O) groups is 1. The predicted molar refractivity (Wildman–Crippen MR) is 51.3 cm³/mol. The van der Waals surface area contributed by atoms with Crippen LogP contribution in [0.5, 0.6) is 0 Å². The molecule has 6 heteroatoms. The fraction of sp³-hybridized carbons (Fsp3) is 0.125. The van der Waals surface area contributed by atoms with Crippen molar-refractivity contribution in [3.8, 4) is 10.6 Å². The first-order valence-electron chi connectivity index (χ1n) is 3.86. The molecular formula is C8H7N3O2S. The molecule has 0 unspecified atom stereocenters. The van der Waals surface area contributed by atoms with Gasteiger partial charge in [0, 0.05) is 7.05 Å². The molecule has 0 aliphatic carbocycles. The Labute approximate surface area is 83.6 Å². The summed E-state index contributed by atoms with van der Waals surface area (Å²) in [5.74, 6) is -0.906. The smallest absolute Gasteiger partial charge is 0.345 e. The fourth-order valence-electron chi connectivity index (χ4n) is 1.10. The number of hydrogen-bond acceptors (Lipinski definition) is 4. The SMILES string of the molecule is Cn1nncc1-c1ccc(C(=O)O)s1. The molecule has 0 atom stereocenters. The van der Waals surface area contributed by atoms with E-state index in [1.807, 2.05) is 0 Å². The van der Waals surface area contributed by atoms with Gasteiger partial charge in [0.25, 0.3) is 0 Å². The minimum Gasteiger partial charge on any atom is -0.477 e. The number of aromatic nitrogens is 3. The van der Waals surface area contributed by atoms with Gasteiger partial charge in [-0.3, -0.25) is 0 Å². The van der Waals surface area contributed by atoms with Crippen LogP contribution in [0.3, 0.4) is 0 Å². The van der Waals surface area contributed by atoms with Crippen LogP contribution in [0.1, 0.15) is 9.67 Å². The van der Waals surface area contributed by atoms with Crippen LogP contribution in [-0.4, -0.2) is 26.1 Å². The van der Waals surface area contributed by atoms with Gasteiger partial charge < -0.3 is 5.11 Å². The Morgan fingerprint density at radius 1 is 1.57 bits per heavy atom. The topological polar surface area (TPSA) is 68.0 Å². The molecule has 0 fully saturated rings. The molecule has 5 nitrogen and oxygen atoms in total. The Morgan fingerprint density at radius 3 is 2.86 bits per heavy atom. The lowest BCUT2D eigenvalue weighted by atomic mass is 10.3. The second-order valence-electron chi connectivity index (χ2n) is 2.71. The molecule has 0 aliphatic heterocycles. The molecule has 0 amide bonds. The van der Waals surface area contributed by atoms with Crippen LogP contribution >= 0.6 is 11.3 Å². The van der Waals surface area contributed by atoms with E-state index >= 15 is 0 Å². The van der Waals surface area contributed by atoms with Gasteiger partial charge in [-0.2, -0.15) is 0 Å². The first-order valence-corrected chi connectivity index (χ1v) is 4.68. The summed E-state index contributed by atoms with van der Waals surface area (Å²) < 4.78 is 1.61. The zero-order valence-corrected chi connectivity index (χ0v) is 8.15. The lowest BCUT2D eigenvalue weighted by Gasteiger charge is -1.93. The zero-order valence-electron chi connectivity index (χ0n) is 7.34. The molecule has 0 radical (unpaired) electrons. The van der Waals surface area contributed by atoms with E-state index in [1.54, 1.807) is 30.1 Å². The first-order chi connectivity index (χ1) is 6.68. The number of thiophene rings is 1. The normalized spacial score (nSPS) is 10.4. The number of carboxylic acids is 1. The van der Waals surface area contributed by atoms with E-state index in [1.165, 1.54) is 11.3 Å². The summed E-state index contributed by atoms with van der Waals surface area (Å²) in [5, 5.41) is 16.2. The van der Waals surface area contributed by atoms with E-state index in [0.29, 0.717) is 4.88 Å². The summed E-state index contributed by atoms with van der Waals surface area (Å²) in [5.41, 5.74) is 0.822. The highest BCUT2D eigenvalue weighted by atomic mass is 32.1. The molecule has 2 aromatic heterocycles. The van der Waals surface area contributed by atoms with Crippen LogP contribution < -0.4 is 0 Å². The maximum Gasteiger partial charge on any atom is 0.345 e. The van der Waals surface area contributed by atoms with Crippen LogP contribution in [0, 0.1) is 0 Å². The number of carboxylic acid groups (broad SMARTS) is 1. The van der Waals surface area contributed by atoms with E-state index in [2.05, 4.69) is 10.3 Å². The minimum absolute atomic E-state index is 0.321. The Bertz CT molecular complexity index is 474. The average molecular weight is 209 g/mol. The number of aryl methyl sites for hydroxylation is 1. The molecular weight excluding hydrogens is 202 g/mol. The van der Waals surface area contributed by atoms with Crippen LogP contribution in [0.4, 0.5) is 0 Å². The summed E-state index contributed by atoms with van der Waals surface area (Å²) in [6, 6.07) is 3.34. The van der Waals surface area contributed by atoms with Crippen molar-refractivity contribution < 1.29 is 9.90 Å². The summed E-state index contributed by atoms with van der Waals surface area (Å²) in [4.78, 5) is 11.8. The Kier molecular flexibility index (Phi) is 2.05. The van der Waals surface area contributed by atoms with Gasteiger partial charge in [0.1, 0.15) is 4.88 Å². The summed E-state index contributed by atoms with van der Waals surface area (Å²) in [6.45, 7) is 0. The zero-order chi connectivity index (χ0) is 10.1. The van der Waals surface area contributed by atoms with Crippen LogP contribution in [0.15, 0.2) is 18.3 Å². The lowest BCUT2D eigenvalue weighted by Crippen LogP contribution is -1.92. The Morgan fingerprint density at radius 2 is 2.36 bits per heavy atom. The van der Waals surface area contributed by atoms with Crippen molar-refractivity contribution in [3.63, 3.8) is 0 Å². The number of nitrogens with zero attached hydrogens (tertiary/aromatic N) is 3. The monoisotopic (exact) mass is 209 g/mol. The lowest BCUT2D eigenvalue weighted by molar-refractivity contribution is 0.0702. The maximum atomic E-state index is 10.6. The highest BCUT2D eigenvalue weighted by molar-refractivity contribution is 7.17. The van der Waals surface area contributed by atoms with Gasteiger partial charge in [0.05, 0.1) is 16.8 Å². The number of hydrogen-bond donors (Lipinski definition) is 1. The highest BCUT2D eigenvalue weighted by Gasteiger charge is 2.10. The number of aromatic carboxylic acids is 1. The van der Waals surface area contributed by atoms with Gasteiger partial charge in [-0.1, -0.05) is 5.21 Å². The van der Waals surface area contributed by atoms with Crippen molar-refractivity contribution in [1.82, 2.24) is 15.0 Å². The van der Waals surface area contributed by atoms with Crippen molar-refractivity contribution in [1.29, 1.82) is 0 Å². The predicted octanol–water partition coefficient (Wildman–Crippen LogP) is 1.24. The van der Waals surface area contributed by atoms with Gasteiger partial charge in [0.15, 0.2) is 0 Å². The van der Waals surface area contributed by atoms with Crippen LogP contribution in [0.2, 0.25) is 0 Å². The fourth-order valence-corrected chi connectivity index (χ4v) is 1.99. The molecule has 72 valence electrons. The van der Waals surface area contributed by atoms with E-state index in [9.17, 15) is 4.79 Å². The van der Waals surface area contributed by atoms with Crippen molar-refractivity contribution in [2.75, 3.05) is 0 Å². The van der Waals surface area contributed by atoms with Crippen molar-refractivity contribution in [2.24, 2.45) is 7.05 Å². The molecule has 0 saturated carbocycles. The van der Waals surface area contributed by atoms with E-state index in [4.69, 9.17) is 5.11 Å². The molecule has 2 aromatic rings. The third kappa shape index (κ3) is 1.39. The minimum atomic E-state index is -0.906. The van der Waals surface area contributed by atoms with Gasteiger partial charge in [-0.15, -0.1) is 16.4 Å². The molecule has 0 spiro atoms. The second kappa shape index (κ2) is 3.22. The average Bonchev–Trinajstić information content (AvgIpc) is 2.71. The summed E-state index contributed by atoms with van der Waals surface area (Å²) in [6.07, 6.45) is 1.61. The third-order valence-corrected chi connectivity index (χ3v) is 2.88. The first kappa shape index (κ1) is 8.89. The molecule has 2 heterocycles. The number of rotatable bonds is 2. The molecule has 14 heavy (non-hydrogen) atoms. The molecule has 0 bridgehead atoms. The van der Waals surface area contributed by atoms with E-state index < -0.39 is 5.97 Å². The van der Waals surface area contributed by atoms with Gasteiger partial charge >= 0.3 is 5.97 Å². The van der Waals surface area contributed by atoms with Crippen LogP contribution in [-0.2, 0) is 7.05 Å². The highest BCUT2D eigenvalue weighted by Crippen LogP contribution is 2.26. The molecule has 0 aromatic carbocycles. The van der Waals surface area contributed by atoms with Crippen molar-refractivity contribution in [2.45, 2.75) is 0 Å². The Hall–Kier alpha value is -1.69.